The van der Waals surface area contributed by atoms with Crippen LogP contribution in [0.25, 0.3) is 21.7 Å². The van der Waals surface area contributed by atoms with Crippen LogP contribution in [0.1, 0.15) is 31.7 Å². The van der Waals surface area contributed by atoms with E-state index in [-0.39, 0.29) is 22.2 Å². The maximum Gasteiger partial charge on any atom is 0.186 e. The van der Waals surface area contributed by atoms with E-state index in [1.807, 2.05) is 13.8 Å². The van der Waals surface area contributed by atoms with E-state index in [0.29, 0.717) is 20.6 Å². The predicted molar refractivity (Wildman–Crippen MR) is 118 cm³/mol. The summed E-state index contributed by atoms with van der Waals surface area (Å²) in [6, 6.07) is 11.0. The first kappa shape index (κ1) is 21.3. The smallest absolute Gasteiger partial charge is 0.186 e. The van der Waals surface area contributed by atoms with Gasteiger partial charge in [-0.3, -0.25) is 4.79 Å². The summed E-state index contributed by atoms with van der Waals surface area (Å²) in [7, 11) is 0. The zero-order valence-corrected chi connectivity index (χ0v) is 18.7. The van der Waals surface area contributed by atoms with Gasteiger partial charge in [-0.25, -0.2) is 13.6 Å². The molecular weight excluding hydrogens is 445 g/mol. The number of rotatable bonds is 6. The van der Waals surface area contributed by atoms with Crippen molar-refractivity contribution in [1.29, 1.82) is 0 Å². The number of benzene rings is 2. The standard InChI is InChI=1S/C22H19ClFNO3S2/c1-22(2,20(26)13-3-4-13)21-25-18(12-5-7-14(23)8-6-12)19(29-21)16-10-9-15(30(27)28)11-17(16)24/h5-11,13H,3-4H2,1-2H3,(H,27,28). The number of hydrogen-bond donors (Lipinski definition) is 1. The van der Waals surface area contributed by atoms with Gasteiger partial charge in [-0.05, 0) is 57.0 Å². The highest BCUT2D eigenvalue weighted by Crippen LogP contribution is 2.45. The van der Waals surface area contributed by atoms with E-state index in [1.54, 1.807) is 24.3 Å². The van der Waals surface area contributed by atoms with Gasteiger partial charge in [0.25, 0.3) is 0 Å². The number of carbonyl (C=O) groups excluding carboxylic acids is 1. The van der Waals surface area contributed by atoms with Crippen LogP contribution in [0.3, 0.4) is 0 Å². The second-order valence-corrected chi connectivity index (χ2v) is 10.3. The van der Waals surface area contributed by atoms with Crippen LogP contribution in [0, 0.1) is 11.7 Å². The predicted octanol–water partition coefficient (Wildman–Crippen LogP) is 6.11. The molecule has 0 radical (unpaired) electrons. The van der Waals surface area contributed by atoms with E-state index in [2.05, 4.69) is 0 Å². The van der Waals surface area contributed by atoms with Gasteiger partial charge in [0.15, 0.2) is 11.1 Å². The lowest BCUT2D eigenvalue weighted by Crippen LogP contribution is -2.30. The lowest BCUT2D eigenvalue weighted by Gasteiger charge is -2.20. The van der Waals surface area contributed by atoms with Gasteiger partial charge >= 0.3 is 0 Å². The summed E-state index contributed by atoms with van der Waals surface area (Å²) in [5, 5.41) is 1.19. The van der Waals surface area contributed by atoms with E-state index in [9.17, 15) is 17.9 Å². The minimum atomic E-state index is -2.27. The Hall–Kier alpha value is -1.93. The van der Waals surface area contributed by atoms with Crippen LogP contribution in [-0.2, 0) is 21.3 Å². The topological polar surface area (TPSA) is 67.3 Å². The first-order valence-corrected chi connectivity index (χ1v) is 11.7. The summed E-state index contributed by atoms with van der Waals surface area (Å²) < 4.78 is 35.4. The number of carbonyl (C=O) groups is 1. The number of nitrogens with zero attached hydrogens (tertiary/aromatic N) is 1. The third-order valence-corrected chi connectivity index (χ3v) is 7.55. The highest BCUT2D eigenvalue weighted by Gasteiger charge is 2.43. The third kappa shape index (κ3) is 3.99. The molecule has 0 spiro atoms. The Morgan fingerprint density at radius 1 is 1.23 bits per heavy atom. The van der Waals surface area contributed by atoms with Gasteiger partial charge in [-0.1, -0.05) is 23.7 Å². The van der Waals surface area contributed by atoms with E-state index in [4.69, 9.17) is 16.6 Å². The summed E-state index contributed by atoms with van der Waals surface area (Å²) in [6.07, 6.45) is 1.80. The molecule has 4 rings (SSSR count). The third-order valence-electron chi connectivity index (χ3n) is 5.23. The maximum absolute atomic E-state index is 14.9. The van der Waals surface area contributed by atoms with E-state index >= 15 is 0 Å². The molecule has 1 unspecified atom stereocenters. The van der Waals surface area contributed by atoms with Crippen LogP contribution in [-0.4, -0.2) is 19.5 Å². The summed E-state index contributed by atoms with van der Waals surface area (Å²) >= 11 is 5.02. The van der Waals surface area contributed by atoms with Gasteiger partial charge in [0, 0.05) is 22.1 Å². The maximum atomic E-state index is 14.9. The Balaban J connectivity index is 1.88. The monoisotopic (exact) mass is 463 g/mol. The molecule has 4 nitrogen and oxygen atoms in total. The average Bonchev–Trinajstić information content (AvgIpc) is 3.46. The number of Topliss-reactive ketones (excluding diaryl/α,β-unsaturated/α-hetero) is 1. The number of hydrogen-bond acceptors (Lipinski definition) is 4. The molecule has 0 aliphatic heterocycles. The lowest BCUT2D eigenvalue weighted by molar-refractivity contribution is -0.124. The van der Waals surface area contributed by atoms with Crippen LogP contribution < -0.4 is 0 Å². The molecule has 2 aromatic carbocycles. The summed E-state index contributed by atoms with van der Waals surface area (Å²) in [6.45, 7) is 3.71. The molecule has 8 heteroatoms. The van der Waals surface area contributed by atoms with Gasteiger partial charge in [0.1, 0.15) is 16.6 Å². The second kappa shape index (κ2) is 7.96. The molecule has 3 aromatic rings. The minimum absolute atomic E-state index is 0.0155. The van der Waals surface area contributed by atoms with E-state index < -0.39 is 22.3 Å². The van der Waals surface area contributed by atoms with Gasteiger partial charge in [0.05, 0.1) is 20.9 Å². The second-order valence-electron chi connectivity index (χ2n) is 7.86. The van der Waals surface area contributed by atoms with Crippen molar-refractivity contribution in [2.45, 2.75) is 37.0 Å². The first-order valence-electron chi connectivity index (χ1n) is 9.41. The van der Waals surface area contributed by atoms with Crippen molar-refractivity contribution in [3.63, 3.8) is 0 Å². The normalized spacial score (nSPS) is 15.2. The molecule has 0 amide bonds. The Morgan fingerprint density at radius 2 is 1.90 bits per heavy atom. The Kier molecular flexibility index (Phi) is 5.66. The van der Waals surface area contributed by atoms with Gasteiger partial charge in [-0.15, -0.1) is 11.3 Å². The highest BCUT2D eigenvalue weighted by atomic mass is 35.5. The number of halogens is 2. The molecular formula is C22H19ClFNO3S2. The number of thiazole rings is 1. The summed E-state index contributed by atoms with van der Waals surface area (Å²) in [5.41, 5.74) is 0.794. The zero-order valence-electron chi connectivity index (χ0n) is 16.3. The van der Waals surface area contributed by atoms with Crippen molar-refractivity contribution < 1.29 is 17.9 Å². The van der Waals surface area contributed by atoms with Crippen LogP contribution in [0.15, 0.2) is 47.4 Å². The van der Waals surface area contributed by atoms with Crippen molar-refractivity contribution in [1.82, 2.24) is 4.98 Å². The fraction of sp³-hybridized carbons (Fsp3) is 0.273. The molecule has 1 atom stereocenters. The van der Waals surface area contributed by atoms with Crippen molar-refractivity contribution >= 4 is 39.8 Å². The summed E-state index contributed by atoms with van der Waals surface area (Å²) in [4.78, 5) is 18.2. The fourth-order valence-electron chi connectivity index (χ4n) is 3.32. The number of ketones is 1. The molecule has 1 saturated carbocycles. The van der Waals surface area contributed by atoms with E-state index in [1.165, 1.54) is 23.5 Å². The molecule has 30 heavy (non-hydrogen) atoms. The molecule has 0 bridgehead atoms. The molecule has 1 aliphatic carbocycles. The Morgan fingerprint density at radius 3 is 2.47 bits per heavy atom. The Bertz CT molecular complexity index is 1150. The van der Waals surface area contributed by atoms with Crippen LogP contribution >= 0.6 is 22.9 Å². The van der Waals surface area contributed by atoms with Gasteiger partial charge in [0.2, 0.25) is 0 Å². The molecule has 0 saturated heterocycles. The van der Waals surface area contributed by atoms with Crippen LogP contribution in [0.4, 0.5) is 4.39 Å². The van der Waals surface area contributed by atoms with Crippen molar-refractivity contribution in [3.05, 3.63) is 58.3 Å². The molecule has 156 valence electrons. The SMILES string of the molecule is CC(C)(C(=O)C1CC1)c1nc(-c2ccc(Cl)cc2)c(-c2ccc(S(=O)O)cc2F)s1. The van der Waals surface area contributed by atoms with E-state index in [0.717, 1.165) is 24.5 Å². The van der Waals surface area contributed by atoms with Crippen LogP contribution in [0.2, 0.25) is 5.02 Å². The molecule has 1 N–H and O–H groups in total. The van der Waals surface area contributed by atoms with Crippen molar-refractivity contribution in [2.75, 3.05) is 0 Å². The quantitative estimate of drug-likeness (QED) is 0.448. The number of aromatic nitrogens is 1. The largest absolute Gasteiger partial charge is 0.302 e. The lowest BCUT2D eigenvalue weighted by atomic mass is 9.86. The molecule has 1 heterocycles. The zero-order chi connectivity index (χ0) is 21.6. The minimum Gasteiger partial charge on any atom is -0.302 e. The summed E-state index contributed by atoms with van der Waals surface area (Å²) in [5.74, 6) is -0.398. The molecule has 1 aliphatic rings. The van der Waals surface area contributed by atoms with Crippen molar-refractivity contribution in [3.8, 4) is 21.7 Å². The molecule has 1 aromatic heterocycles. The van der Waals surface area contributed by atoms with Crippen LogP contribution in [0.5, 0.6) is 0 Å². The fourth-order valence-corrected chi connectivity index (χ4v) is 5.06. The Labute approximate surface area is 185 Å². The van der Waals surface area contributed by atoms with Crippen molar-refractivity contribution in [2.24, 2.45) is 5.92 Å². The van der Waals surface area contributed by atoms with Gasteiger partial charge < -0.3 is 4.55 Å². The van der Waals surface area contributed by atoms with Gasteiger partial charge in [-0.2, -0.15) is 0 Å². The average molecular weight is 464 g/mol. The molecule has 1 fully saturated rings. The highest BCUT2D eigenvalue weighted by molar-refractivity contribution is 7.79. The first-order chi connectivity index (χ1) is 14.2.